The molecule has 0 saturated heterocycles. The second-order valence-electron chi connectivity index (χ2n) is 3.63. The Labute approximate surface area is 104 Å². The van der Waals surface area contributed by atoms with Gasteiger partial charge in [0.1, 0.15) is 5.69 Å². The molecular formula is C13H11N3O2. The molecule has 1 aromatic heterocycles. The maximum atomic E-state index is 11.0. The minimum atomic E-state index is -0.429. The van der Waals surface area contributed by atoms with Crippen LogP contribution in [0.25, 0.3) is 5.69 Å². The van der Waals surface area contributed by atoms with Gasteiger partial charge in [0, 0.05) is 6.92 Å². The third kappa shape index (κ3) is 2.38. The number of ether oxygens (including phenoxy) is 1. The number of benzene rings is 1. The molecule has 0 spiro atoms. The van der Waals surface area contributed by atoms with Crippen LogP contribution in [0, 0.1) is 11.3 Å². The highest BCUT2D eigenvalue weighted by atomic mass is 16.5. The number of hydrogen-bond acceptors (Lipinski definition) is 4. The van der Waals surface area contributed by atoms with Crippen molar-refractivity contribution in [3.05, 3.63) is 42.2 Å². The van der Waals surface area contributed by atoms with E-state index in [-0.39, 0.29) is 6.42 Å². The largest absolute Gasteiger partial charge is 0.423 e. The van der Waals surface area contributed by atoms with Crippen LogP contribution in [0.1, 0.15) is 12.6 Å². The Morgan fingerprint density at radius 3 is 2.78 bits per heavy atom. The van der Waals surface area contributed by atoms with Crippen molar-refractivity contribution in [1.82, 2.24) is 9.78 Å². The zero-order valence-corrected chi connectivity index (χ0v) is 9.83. The quantitative estimate of drug-likeness (QED) is 0.769. The number of aromatic nitrogens is 2. The average Bonchev–Trinajstić information content (AvgIpc) is 2.73. The molecule has 0 aliphatic carbocycles. The van der Waals surface area contributed by atoms with Crippen molar-refractivity contribution in [3.63, 3.8) is 0 Å². The number of hydrogen-bond donors (Lipinski definition) is 0. The first-order valence-corrected chi connectivity index (χ1v) is 5.40. The summed E-state index contributed by atoms with van der Waals surface area (Å²) < 4.78 is 6.63. The van der Waals surface area contributed by atoms with Gasteiger partial charge in [-0.1, -0.05) is 18.2 Å². The van der Waals surface area contributed by atoms with E-state index in [0.29, 0.717) is 11.4 Å². The molecule has 0 N–H and O–H groups in total. The Hall–Kier alpha value is -2.61. The minimum absolute atomic E-state index is 0.123. The van der Waals surface area contributed by atoms with Crippen LogP contribution >= 0.6 is 0 Å². The summed E-state index contributed by atoms with van der Waals surface area (Å²) in [7, 11) is 0. The molecule has 0 fully saturated rings. The molecule has 5 heteroatoms. The maximum absolute atomic E-state index is 11.0. The minimum Gasteiger partial charge on any atom is -0.423 e. The molecule has 1 aromatic carbocycles. The summed E-state index contributed by atoms with van der Waals surface area (Å²) in [6.07, 6.45) is 1.57. The molecule has 0 bridgehead atoms. The van der Waals surface area contributed by atoms with Crippen LogP contribution in [0.15, 0.2) is 36.5 Å². The lowest BCUT2D eigenvalue weighted by molar-refractivity contribution is -0.131. The van der Waals surface area contributed by atoms with Gasteiger partial charge in [-0.05, 0) is 12.1 Å². The van der Waals surface area contributed by atoms with Crippen molar-refractivity contribution in [3.8, 4) is 17.5 Å². The van der Waals surface area contributed by atoms with Gasteiger partial charge in [0.25, 0.3) is 0 Å². The van der Waals surface area contributed by atoms with Gasteiger partial charge in [-0.3, -0.25) is 4.79 Å². The Kier molecular flexibility index (Phi) is 3.39. The van der Waals surface area contributed by atoms with Crippen molar-refractivity contribution in [2.75, 3.05) is 0 Å². The topological polar surface area (TPSA) is 67.9 Å². The van der Waals surface area contributed by atoms with Gasteiger partial charge < -0.3 is 4.74 Å². The highest BCUT2D eigenvalue weighted by Crippen LogP contribution is 2.22. The van der Waals surface area contributed by atoms with Crippen LogP contribution in [0.2, 0.25) is 0 Å². The molecule has 90 valence electrons. The lowest BCUT2D eigenvalue weighted by Gasteiger charge is -2.06. The predicted molar refractivity (Wildman–Crippen MR) is 64.2 cm³/mol. The van der Waals surface area contributed by atoms with Crippen LogP contribution in [-0.2, 0) is 11.2 Å². The van der Waals surface area contributed by atoms with Crippen molar-refractivity contribution in [2.24, 2.45) is 0 Å². The highest BCUT2D eigenvalue weighted by Gasteiger charge is 2.14. The highest BCUT2D eigenvalue weighted by molar-refractivity contribution is 5.69. The summed E-state index contributed by atoms with van der Waals surface area (Å²) in [5.74, 6) is -0.102. The van der Waals surface area contributed by atoms with Gasteiger partial charge in [0.2, 0.25) is 0 Å². The van der Waals surface area contributed by atoms with Crippen LogP contribution in [-0.4, -0.2) is 15.7 Å². The van der Waals surface area contributed by atoms with E-state index in [0.717, 1.165) is 5.69 Å². The maximum Gasteiger partial charge on any atom is 0.308 e. The normalized spacial score (nSPS) is 9.78. The van der Waals surface area contributed by atoms with Gasteiger partial charge >= 0.3 is 5.97 Å². The van der Waals surface area contributed by atoms with Crippen LogP contribution in [0.5, 0.6) is 5.75 Å². The first-order valence-electron chi connectivity index (χ1n) is 5.40. The summed E-state index contributed by atoms with van der Waals surface area (Å²) in [6, 6.07) is 11.4. The van der Waals surface area contributed by atoms with E-state index < -0.39 is 5.97 Å². The molecule has 1 heterocycles. The molecule has 0 radical (unpaired) electrons. The van der Waals surface area contributed by atoms with Crippen molar-refractivity contribution >= 4 is 5.97 Å². The van der Waals surface area contributed by atoms with Crippen LogP contribution in [0.4, 0.5) is 0 Å². The van der Waals surface area contributed by atoms with Gasteiger partial charge in [-0.15, -0.1) is 0 Å². The van der Waals surface area contributed by atoms with E-state index in [4.69, 9.17) is 10.00 Å². The molecule has 0 aliphatic heterocycles. The SMILES string of the molecule is CC(=O)Oc1cnn(-c2ccccc2)c1CC#N. The number of nitriles is 1. The molecule has 2 rings (SSSR count). The molecule has 0 unspecified atom stereocenters. The van der Waals surface area contributed by atoms with Crippen molar-refractivity contribution in [2.45, 2.75) is 13.3 Å². The number of para-hydroxylation sites is 1. The number of esters is 1. The monoisotopic (exact) mass is 241 g/mol. The molecule has 18 heavy (non-hydrogen) atoms. The van der Waals surface area contributed by atoms with Crippen LogP contribution < -0.4 is 4.74 Å². The summed E-state index contributed by atoms with van der Waals surface area (Å²) >= 11 is 0. The molecular weight excluding hydrogens is 230 g/mol. The van der Waals surface area contributed by atoms with Gasteiger partial charge in [0.15, 0.2) is 5.75 Å². The number of carbonyl (C=O) groups excluding carboxylic acids is 1. The third-order valence-electron chi connectivity index (χ3n) is 2.33. The first kappa shape index (κ1) is 11.9. The van der Waals surface area contributed by atoms with Gasteiger partial charge in [-0.25, -0.2) is 4.68 Å². The fourth-order valence-corrected chi connectivity index (χ4v) is 1.63. The first-order chi connectivity index (χ1) is 8.72. The van der Waals surface area contributed by atoms with E-state index in [1.807, 2.05) is 36.4 Å². The predicted octanol–water partition coefficient (Wildman–Crippen LogP) is 1.86. The second kappa shape index (κ2) is 5.15. The number of carbonyl (C=O) groups is 1. The van der Waals surface area contributed by atoms with E-state index in [9.17, 15) is 4.79 Å². The smallest absolute Gasteiger partial charge is 0.308 e. The van der Waals surface area contributed by atoms with E-state index in [1.54, 1.807) is 4.68 Å². The lowest BCUT2D eigenvalue weighted by Crippen LogP contribution is -2.06. The Morgan fingerprint density at radius 2 is 2.17 bits per heavy atom. The van der Waals surface area contributed by atoms with E-state index in [1.165, 1.54) is 13.1 Å². The van der Waals surface area contributed by atoms with Crippen LogP contribution in [0.3, 0.4) is 0 Å². The summed E-state index contributed by atoms with van der Waals surface area (Å²) in [5, 5.41) is 13.0. The zero-order valence-electron chi connectivity index (χ0n) is 9.83. The number of nitrogens with zero attached hydrogens (tertiary/aromatic N) is 3. The van der Waals surface area contributed by atoms with E-state index >= 15 is 0 Å². The Balaban J connectivity index is 2.46. The number of rotatable bonds is 3. The Morgan fingerprint density at radius 1 is 1.44 bits per heavy atom. The standard InChI is InChI=1S/C13H11N3O2/c1-10(17)18-13-9-15-16(12(13)7-8-14)11-5-3-2-4-6-11/h2-6,9H,7H2,1H3. The zero-order chi connectivity index (χ0) is 13.0. The summed E-state index contributed by atoms with van der Waals surface area (Å²) in [6.45, 7) is 1.32. The molecule has 0 amide bonds. The molecule has 2 aromatic rings. The second-order valence-corrected chi connectivity index (χ2v) is 3.63. The van der Waals surface area contributed by atoms with Gasteiger partial charge in [-0.2, -0.15) is 10.4 Å². The van der Waals surface area contributed by atoms with Crippen molar-refractivity contribution < 1.29 is 9.53 Å². The average molecular weight is 241 g/mol. The Bertz CT molecular complexity index is 596. The van der Waals surface area contributed by atoms with E-state index in [2.05, 4.69) is 5.10 Å². The summed E-state index contributed by atoms with van der Waals surface area (Å²) in [4.78, 5) is 11.0. The third-order valence-corrected chi connectivity index (χ3v) is 2.33. The molecule has 5 nitrogen and oxygen atoms in total. The summed E-state index contributed by atoms with van der Waals surface area (Å²) in [5.41, 5.74) is 1.39. The van der Waals surface area contributed by atoms with Crippen molar-refractivity contribution in [1.29, 1.82) is 5.26 Å². The molecule has 0 saturated carbocycles. The fraction of sp³-hybridized carbons (Fsp3) is 0.154. The van der Waals surface area contributed by atoms with Gasteiger partial charge in [0.05, 0.1) is 24.4 Å². The molecule has 0 atom stereocenters. The fourth-order valence-electron chi connectivity index (χ4n) is 1.63. The lowest BCUT2D eigenvalue weighted by atomic mass is 10.2. The molecule has 0 aliphatic rings.